The Bertz CT molecular complexity index is 3110. The third-order valence-electron chi connectivity index (χ3n) is 13.1. The lowest BCUT2D eigenvalue weighted by Gasteiger charge is -2.46. The van der Waals surface area contributed by atoms with Gasteiger partial charge in [-0.1, -0.05) is 218 Å². The minimum atomic E-state index is -0.633. The standard InChI is InChI=1S/C61H41N/c1-4-20-42(21-5-1)47-26-10-12-28-49(47)45-36-38-59-56(40-45)61(54-33-17-14-31-52(54)53-32-15-18-34-55(53)61)57-41-46(50-29-13-11-27-48(50)43-22-6-2-7-23-43)37-39-60(57)62(59)58-35-19-16-30-51(58)44-24-8-3-9-25-44/h1-41H. The van der Waals surface area contributed by atoms with Crippen LogP contribution in [-0.2, 0) is 5.41 Å². The van der Waals surface area contributed by atoms with E-state index in [1.165, 1.54) is 100 Å². The second kappa shape index (κ2) is 14.6. The smallest absolute Gasteiger partial charge is 0.0754 e. The molecule has 2 aliphatic rings. The molecular weight excluding hydrogens is 747 g/mol. The average molecular weight is 788 g/mol. The van der Waals surface area contributed by atoms with Crippen molar-refractivity contribution in [2.24, 2.45) is 0 Å². The Hall–Kier alpha value is -8.00. The summed E-state index contributed by atoms with van der Waals surface area (Å²) in [5.74, 6) is 0. The zero-order valence-electron chi connectivity index (χ0n) is 34.1. The van der Waals surface area contributed by atoms with Crippen molar-refractivity contribution in [3.63, 3.8) is 0 Å². The van der Waals surface area contributed by atoms with Crippen LogP contribution >= 0.6 is 0 Å². The maximum Gasteiger partial charge on any atom is 0.0754 e. The summed E-state index contributed by atoms with van der Waals surface area (Å²) in [6.45, 7) is 0. The molecule has 1 nitrogen and oxygen atoms in total. The summed E-state index contributed by atoms with van der Waals surface area (Å²) in [6.07, 6.45) is 0. The third kappa shape index (κ3) is 5.49. The predicted molar refractivity (Wildman–Crippen MR) is 259 cm³/mol. The lowest BCUT2D eigenvalue weighted by Crippen LogP contribution is -2.36. The van der Waals surface area contributed by atoms with Gasteiger partial charge in [-0.3, -0.25) is 0 Å². The van der Waals surface area contributed by atoms with Crippen LogP contribution in [0.4, 0.5) is 17.1 Å². The monoisotopic (exact) mass is 787 g/mol. The van der Waals surface area contributed by atoms with Crippen LogP contribution in [0, 0.1) is 0 Å². The van der Waals surface area contributed by atoms with Crippen LogP contribution in [-0.4, -0.2) is 0 Å². The van der Waals surface area contributed by atoms with E-state index in [-0.39, 0.29) is 0 Å². The molecule has 0 atom stereocenters. The summed E-state index contributed by atoms with van der Waals surface area (Å²) in [5, 5.41) is 0. The van der Waals surface area contributed by atoms with E-state index < -0.39 is 5.41 Å². The fourth-order valence-electron chi connectivity index (χ4n) is 10.5. The Morgan fingerprint density at radius 3 is 0.968 bits per heavy atom. The van der Waals surface area contributed by atoms with Crippen LogP contribution in [0.5, 0.6) is 0 Å². The van der Waals surface area contributed by atoms with Gasteiger partial charge in [-0.15, -0.1) is 0 Å². The summed E-state index contributed by atoms with van der Waals surface area (Å²) < 4.78 is 0. The normalized spacial score (nSPS) is 12.9. The molecule has 290 valence electrons. The second-order valence-electron chi connectivity index (χ2n) is 16.3. The van der Waals surface area contributed by atoms with Gasteiger partial charge in [0.25, 0.3) is 0 Å². The van der Waals surface area contributed by atoms with Crippen LogP contribution in [0.25, 0.3) is 66.8 Å². The van der Waals surface area contributed by atoms with Crippen molar-refractivity contribution in [2.75, 3.05) is 4.90 Å². The number of benzene rings is 10. The van der Waals surface area contributed by atoms with E-state index in [4.69, 9.17) is 0 Å². The first-order valence-electron chi connectivity index (χ1n) is 21.5. The van der Waals surface area contributed by atoms with E-state index in [1.54, 1.807) is 0 Å². The van der Waals surface area contributed by atoms with Crippen LogP contribution in [0.15, 0.2) is 249 Å². The van der Waals surface area contributed by atoms with Gasteiger partial charge in [-0.25, -0.2) is 0 Å². The Labute approximate surface area is 363 Å². The second-order valence-corrected chi connectivity index (χ2v) is 16.3. The summed E-state index contributed by atoms with van der Waals surface area (Å²) in [7, 11) is 0. The van der Waals surface area contributed by atoms with Gasteiger partial charge in [0.1, 0.15) is 0 Å². The summed E-state index contributed by atoms with van der Waals surface area (Å²) in [5.41, 5.74) is 22.6. The molecule has 0 saturated heterocycles. The molecule has 0 fully saturated rings. The Balaban J connectivity index is 1.21. The number of fused-ring (bicyclic) bond motifs is 9. The minimum Gasteiger partial charge on any atom is -0.309 e. The van der Waals surface area contributed by atoms with Gasteiger partial charge in [0.2, 0.25) is 0 Å². The van der Waals surface area contributed by atoms with E-state index >= 15 is 0 Å². The van der Waals surface area contributed by atoms with Crippen molar-refractivity contribution >= 4 is 17.1 Å². The average Bonchev–Trinajstić information content (AvgIpc) is 3.65. The first-order valence-corrected chi connectivity index (χ1v) is 21.5. The highest BCUT2D eigenvalue weighted by Gasteiger charge is 2.52. The maximum atomic E-state index is 2.54. The van der Waals surface area contributed by atoms with Crippen LogP contribution < -0.4 is 4.90 Å². The van der Waals surface area contributed by atoms with Gasteiger partial charge in [0.15, 0.2) is 0 Å². The Morgan fingerprint density at radius 1 is 0.210 bits per heavy atom. The Morgan fingerprint density at radius 2 is 0.532 bits per heavy atom. The molecule has 62 heavy (non-hydrogen) atoms. The first-order chi connectivity index (χ1) is 30.8. The molecule has 0 bridgehead atoms. The number of rotatable bonds is 6. The van der Waals surface area contributed by atoms with Crippen molar-refractivity contribution in [1.29, 1.82) is 0 Å². The molecule has 1 heterocycles. The summed E-state index contributed by atoms with van der Waals surface area (Å²) in [6, 6.07) is 91.8. The van der Waals surface area contributed by atoms with E-state index in [9.17, 15) is 0 Å². The lowest BCUT2D eigenvalue weighted by atomic mass is 9.63. The molecule has 0 saturated carbocycles. The van der Waals surface area contributed by atoms with Crippen LogP contribution in [0.2, 0.25) is 0 Å². The highest BCUT2D eigenvalue weighted by molar-refractivity contribution is 6.00. The zero-order chi connectivity index (χ0) is 41.0. The van der Waals surface area contributed by atoms with E-state index in [1.807, 2.05) is 0 Å². The number of para-hydroxylation sites is 1. The van der Waals surface area contributed by atoms with Gasteiger partial charge < -0.3 is 4.90 Å². The topological polar surface area (TPSA) is 3.24 Å². The van der Waals surface area contributed by atoms with Crippen molar-refractivity contribution in [3.05, 3.63) is 271 Å². The first kappa shape index (κ1) is 35.9. The molecule has 10 aromatic rings. The van der Waals surface area contributed by atoms with Crippen molar-refractivity contribution < 1.29 is 0 Å². The molecule has 1 heteroatoms. The van der Waals surface area contributed by atoms with E-state index in [2.05, 4.69) is 254 Å². The minimum absolute atomic E-state index is 0.633. The van der Waals surface area contributed by atoms with Gasteiger partial charge in [-0.2, -0.15) is 0 Å². The lowest BCUT2D eigenvalue weighted by molar-refractivity contribution is 0.753. The molecule has 1 aliphatic carbocycles. The van der Waals surface area contributed by atoms with Crippen molar-refractivity contribution in [1.82, 2.24) is 0 Å². The fraction of sp³-hybridized carbons (Fsp3) is 0.0164. The van der Waals surface area contributed by atoms with E-state index in [0.29, 0.717) is 0 Å². The quantitative estimate of drug-likeness (QED) is 0.162. The molecule has 12 rings (SSSR count). The highest BCUT2D eigenvalue weighted by Crippen LogP contribution is 2.64. The number of hydrogen-bond donors (Lipinski definition) is 0. The van der Waals surface area contributed by atoms with Gasteiger partial charge in [-0.05, 0) is 114 Å². The van der Waals surface area contributed by atoms with Gasteiger partial charge in [0, 0.05) is 5.56 Å². The number of anilines is 3. The predicted octanol–water partition coefficient (Wildman–Crippen LogP) is 16.2. The fourth-order valence-corrected chi connectivity index (χ4v) is 10.5. The zero-order valence-corrected chi connectivity index (χ0v) is 34.1. The molecular formula is C61H41N. The van der Waals surface area contributed by atoms with Crippen molar-refractivity contribution in [3.8, 4) is 66.8 Å². The SMILES string of the molecule is c1ccc(-c2ccccc2-c2ccc3c(c2)C2(c4ccccc4-c4ccccc42)c2cc(-c4ccccc4-c4ccccc4)ccc2N3c2ccccc2-c2ccccc2)cc1. The summed E-state index contributed by atoms with van der Waals surface area (Å²) >= 11 is 0. The van der Waals surface area contributed by atoms with Gasteiger partial charge >= 0.3 is 0 Å². The highest BCUT2D eigenvalue weighted by atomic mass is 15.2. The van der Waals surface area contributed by atoms with Crippen molar-refractivity contribution in [2.45, 2.75) is 5.41 Å². The third-order valence-corrected chi connectivity index (χ3v) is 13.1. The largest absolute Gasteiger partial charge is 0.309 e. The maximum absolute atomic E-state index is 2.54. The van der Waals surface area contributed by atoms with Crippen LogP contribution in [0.1, 0.15) is 22.3 Å². The molecule has 0 amide bonds. The molecule has 1 aliphatic heterocycles. The van der Waals surface area contributed by atoms with Crippen LogP contribution in [0.3, 0.4) is 0 Å². The van der Waals surface area contributed by atoms with E-state index in [0.717, 1.165) is 5.69 Å². The molecule has 0 radical (unpaired) electrons. The number of nitrogens with zero attached hydrogens (tertiary/aromatic N) is 1. The Kier molecular flexibility index (Phi) is 8.47. The molecule has 10 aromatic carbocycles. The molecule has 0 unspecified atom stereocenters. The van der Waals surface area contributed by atoms with Gasteiger partial charge in [0.05, 0.1) is 22.5 Å². The molecule has 0 aromatic heterocycles. The molecule has 0 N–H and O–H groups in total. The molecule has 1 spiro atoms. The summed E-state index contributed by atoms with van der Waals surface area (Å²) in [4.78, 5) is 2.54. The number of hydrogen-bond acceptors (Lipinski definition) is 1.